The Morgan fingerprint density at radius 2 is 1.70 bits per heavy atom. The standard InChI is InChI=1S/C19H19ClFNO/c1-22-12-10-19(11-13-22,16-4-2-3-5-17(16)21)18(23)14-6-8-15(20)9-7-14/h2-9H,10-13H2,1H3. The van der Waals surface area contributed by atoms with Crippen LogP contribution in [0.4, 0.5) is 4.39 Å². The molecule has 23 heavy (non-hydrogen) atoms. The van der Waals surface area contributed by atoms with E-state index in [0.717, 1.165) is 13.1 Å². The van der Waals surface area contributed by atoms with Gasteiger partial charge in [-0.1, -0.05) is 29.8 Å². The van der Waals surface area contributed by atoms with E-state index in [1.165, 1.54) is 6.07 Å². The first-order valence-corrected chi connectivity index (χ1v) is 8.15. The second-order valence-electron chi connectivity index (χ2n) is 6.20. The zero-order valence-electron chi connectivity index (χ0n) is 13.1. The molecule has 3 rings (SSSR count). The van der Waals surface area contributed by atoms with Gasteiger partial charge in [0, 0.05) is 16.1 Å². The lowest BCUT2D eigenvalue weighted by Crippen LogP contribution is -2.46. The minimum Gasteiger partial charge on any atom is -0.306 e. The normalized spacial score (nSPS) is 17.9. The molecule has 1 aliphatic rings. The van der Waals surface area contributed by atoms with Gasteiger partial charge >= 0.3 is 0 Å². The molecule has 0 spiro atoms. The number of hydrogen-bond donors (Lipinski definition) is 0. The Bertz CT molecular complexity index is 706. The average Bonchev–Trinajstić information content (AvgIpc) is 2.57. The lowest BCUT2D eigenvalue weighted by molar-refractivity contribution is 0.0787. The van der Waals surface area contributed by atoms with Crippen molar-refractivity contribution in [3.05, 3.63) is 70.5 Å². The van der Waals surface area contributed by atoms with Gasteiger partial charge in [-0.3, -0.25) is 4.79 Å². The fraction of sp³-hybridized carbons (Fsp3) is 0.316. The molecule has 1 saturated heterocycles. The molecule has 1 fully saturated rings. The lowest BCUT2D eigenvalue weighted by atomic mass is 9.68. The van der Waals surface area contributed by atoms with Gasteiger partial charge in [-0.15, -0.1) is 0 Å². The highest BCUT2D eigenvalue weighted by Gasteiger charge is 2.44. The summed E-state index contributed by atoms with van der Waals surface area (Å²) in [5.41, 5.74) is 0.293. The number of ketones is 1. The van der Waals surface area contributed by atoms with Crippen LogP contribution < -0.4 is 0 Å². The first kappa shape index (κ1) is 16.2. The highest BCUT2D eigenvalue weighted by Crippen LogP contribution is 2.39. The summed E-state index contributed by atoms with van der Waals surface area (Å²) in [5.74, 6) is -0.327. The van der Waals surface area contributed by atoms with Crippen LogP contribution in [-0.4, -0.2) is 30.8 Å². The van der Waals surface area contributed by atoms with Crippen LogP contribution in [0.3, 0.4) is 0 Å². The Hall–Kier alpha value is -1.71. The smallest absolute Gasteiger partial charge is 0.173 e. The van der Waals surface area contributed by atoms with Gasteiger partial charge in [0.1, 0.15) is 5.82 Å². The molecule has 1 heterocycles. The fourth-order valence-corrected chi connectivity index (χ4v) is 3.47. The van der Waals surface area contributed by atoms with E-state index in [4.69, 9.17) is 11.6 Å². The van der Waals surface area contributed by atoms with Gasteiger partial charge in [-0.05, 0) is 63.3 Å². The Labute approximate surface area is 140 Å². The van der Waals surface area contributed by atoms with E-state index in [9.17, 15) is 9.18 Å². The molecule has 0 bridgehead atoms. The van der Waals surface area contributed by atoms with Crippen LogP contribution in [-0.2, 0) is 5.41 Å². The van der Waals surface area contributed by atoms with E-state index in [2.05, 4.69) is 4.90 Å². The number of nitrogens with zero attached hydrogens (tertiary/aromatic N) is 1. The Morgan fingerprint density at radius 3 is 2.30 bits per heavy atom. The third-order valence-electron chi connectivity index (χ3n) is 4.77. The van der Waals surface area contributed by atoms with Crippen LogP contribution in [0, 0.1) is 5.82 Å². The highest BCUT2D eigenvalue weighted by molar-refractivity contribution is 6.30. The van der Waals surface area contributed by atoms with E-state index in [-0.39, 0.29) is 11.6 Å². The monoisotopic (exact) mass is 331 g/mol. The van der Waals surface area contributed by atoms with Gasteiger partial charge < -0.3 is 4.90 Å². The molecule has 0 atom stereocenters. The highest BCUT2D eigenvalue weighted by atomic mass is 35.5. The number of halogens is 2. The van der Waals surface area contributed by atoms with Crippen molar-refractivity contribution in [3.63, 3.8) is 0 Å². The molecule has 0 aliphatic carbocycles. The van der Waals surface area contributed by atoms with Crippen LogP contribution in [0.25, 0.3) is 0 Å². The molecule has 2 aromatic rings. The first-order chi connectivity index (χ1) is 11.0. The van der Waals surface area contributed by atoms with Crippen molar-refractivity contribution < 1.29 is 9.18 Å². The number of benzene rings is 2. The molecule has 0 N–H and O–H groups in total. The summed E-state index contributed by atoms with van der Waals surface area (Å²) in [6, 6.07) is 13.5. The largest absolute Gasteiger partial charge is 0.306 e. The van der Waals surface area contributed by atoms with Crippen molar-refractivity contribution in [1.29, 1.82) is 0 Å². The molecule has 0 unspecified atom stereocenters. The molecular weight excluding hydrogens is 313 g/mol. The summed E-state index contributed by atoms with van der Waals surface area (Å²) in [6.45, 7) is 1.54. The first-order valence-electron chi connectivity index (χ1n) is 7.77. The second-order valence-corrected chi connectivity index (χ2v) is 6.64. The molecule has 4 heteroatoms. The van der Waals surface area contributed by atoms with Crippen molar-refractivity contribution in [3.8, 4) is 0 Å². The number of carbonyl (C=O) groups is 1. The summed E-state index contributed by atoms with van der Waals surface area (Å²) in [6.07, 6.45) is 1.23. The van der Waals surface area contributed by atoms with Gasteiger partial charge in [0.2, 0.25) is 0 Å². The summed E-state index contributed by atoms with van der Waals surface area (Å²) in [4.78, 5) is 15.4. The number of piperidine rings is 1. The zero-order valence-corrected chi connectivity index (χ0v) is 13.8. The Morgan fingerprint density at radius 1 is 1.09 bits per heavy atom. The third-order valence-corrected chi connectivity index (χ3v) is 5.02. The average molecular weight is 332 g/mol. The van der Waals surface area contributed by atoms with E-state index in [1.807, 2.05) is 7.05 Å². The summed E-state index contributed by atoms with van der Waals surface area (Å²) >= 11 is 5.92. The molecule has 2 aromatic carbocycles. The topological polar surface area (TPSA) is 20.3 Å². The van der Waals surface area contributed by atoms with Crippen LogP contribution in [0.15, 0.2) is 48.5 Å². The zero-order chi connectivity index (χ0) is 16.4. The van der Waals surface area contributed by atoms with Gasteiger partial charge in [0.15, 0.2) is 5.78 Å². The van der Waals surface area contributed by atoms with E-state index >= 15 is 0 Å². The third kappa shape index (κ3) is 3.04. The Balaban J connectivity index is 2.07. The van der Waals surface area contributed by atoms with Crippen molar-refractivity contribution >= 4 is 17.4 Å². The minimum absolute atomic E-state index is 0.0210. The number of carbonyl (C=O) groups excluding carboxylic acids is 1. The molecule has 0 saturated carbocycles. The summed E-state index contributed by atoms with van der Waals surface area (Å²) in [5, 5.41) is 0.588. The summed E-state index contributed by atoms with van der Waals surface area (Å²) in [7, 11) is 2.03. The van der Waals surface area contributed by atoms with Crippen LogP contribution in [0.1, 0.15) is 28.8 Å². The van der Waals surface area contributed by atoms with E-state index in [1.54, 1.807) is 42.5 Å². The Kier molecular flexibility index (Phi) is 4.51. The van der Waals surface area contributed by atoms with Crippen molar-refractivity contribution in [2.24, 2.45) is 0 Å². The predicted octanol–water partition coefficient (Wildman–Crippen LogP) is 4.33. The van der Waals surface area contributed by atoms with Crippen LogP contribution in [0.5, 0.6) is 0 Å². The van der Waals surface area contributed by atoms with Gasteiger partial charge in [0.25, 0.3) is 0 Å². The minimum atomic E-state index is -0.800. The number of likely N-dealkylation sites (tertiary alicyclic amines) is 1. The quantitative estimate of drug-likeness (QED) is 0.780. The molecule has 120 valence electrons. The molecule has 0 amide bonds. The number of rotatable bonds is 3. The maximum Gasteiger partial charge on any atom is 0.173 e. The molecule has 1 aliphatic heterocycles. The van der Waals surface area contributed by atoms with Gasteiger partial charge in [-0.25, -0.2) is 4.39 Å². The SMILES string of the molecule is CN1CCC(C(=O)c2ccc(Cl)cc2)(c2ccccc2F)CC1. The molecule has 0 aromatic heterocycles. The molecule has 2 nitrogen and oxygen atoms in total. The van der Waals surface area contributed by atoms with Gasteiger partial charge in [0.05, 0.1) is 5.41 Å². The predicted molar refractivity (Wildman–Crippen MR) is 90.6 cm³/mol. The number of hydrogen-bond acceptors (Lipinski definition) is 2. The van der Waals surface area contributed by atoms with Crippen molar-refractivity contribution in [1.82, 2.24) is 4.90 Å². The van der Waals surface area contributed by atoms with Gasteiger partial charge in [-0.2, -0.15) is 0 Å². The van der Waals surface area contributed by atoms with E-state index in [0.29, 0.717) is 29.0 Å². The number of Topliss-reactive ketones (excluding diaryl/α,β-unsaturated/α-hetero) is 1. The lowest BCUT2D eigenvalue weighted by Gasteiger charge is -2.40. The molecular formula is C19H19ClFNO. The summed E-state index contributed by atoms with van der Waals surface area (Å²) < 4.78 is 14.5. The van der Waals surface area contributed by atoms with Crippen molar-refractivity contribution in [2.45, 2.75) is 18.3 Å². The van der Waals surface area contributed by atoms with Crippen molar-refractivity contribution in [2.75, 3.05) is 20.1 Å². The molecule has 0 radical (unpaired) electrons. The fourth-order valence-electron chi connectivity index (χ4n) is 3.35. The van der Waals surface area contributed by atoms with Crippen LogP contribution in [0.2, 0.25) is 5.02 Å². The maximum absolute atomic E-state index is 14.5. The second kappa shape index (κ2) is 6.42. The van der Waals surface area contributed by atoms with Crippen LogP contribution >= 0.6 is 11.6 Å². The maximum atomic E-state index is 14.5. The van der Waals surface area contributed by atoms with E-state index < -0.39 is 5.41 Å².